The maximum Gasteiger partial charge on any atom is 0.289 e. The zero-order chi connectivity index (χ0) is 19.9. The first kappa shape index (κ1) is 19.7. The standard InChI is InChI=1S/C20H28N6O2/c1-4-21-20(23-15-16-7-8-22-18(14-16)24(2)3)26-11-9-25(10-12-26)19(27)17-6-5-13-28-17/h5-8,13-14H,4,9-12,15H2,1-3H3,(H,21,23). The van der Waals surface area contributed by atoms with Gasteiger partial charge in [-0.25, -0.2) is 9.98 Å². The van der Waals surface area contributed by atoms with E-state index in [0.29, 0.717) is 25.4 Å². The number of hydrogen-bond donors (Lipinski definition) is 1. The van der Waals surface area contributed by atoms with Crippen LogP contribution in [0.3, 0.4) is 0 Å². The van der Waals surface area contributed by atoms with Crippen molar-refractivity contribution in [3.8, 4) is 0 Å². The molecule has 1 saturated heterocycles. The summed E-state index contributed by atoms with van der Waals surface area (Å²) < 4.78 is 5.23. The predicted molar refractivity (Wildman–Crippen MR) is 110 cm³/mol. The number of pyridine rings is 1. The lowest BCUT2D eigenvalue weighted by Gasteiger charge is -2.36. The third kappa shape index (κ3) is 4.82. The fourth-order valence-electron chi connectivity index (χ4n) is 3.07. The summed E-state index contributed by atoms with van der Waals surface area (Å²) in [6.45, 7) is 6.19. The van der Waals surface area contributed by atoms with Crippen LogP contribution in [0.2, 0.25) is 0 Å². The molecule has 28 heavy (non-hydrogen) atoms. The van der Waals surface area contributed by atoms with Crippen molar-refractivity contribution < 1.29 is 9.21 Å². The maximum absolute atomic E-state index is 12.4. The Hall–Kier alpha value is -3.03. The quantitative estimate of drug-likeness (QED) is 0.624. The summed E-state index contributed by atoms with van der Waals surface area (Å²) in [6, 6.07) is 7.48. The molecule has 0 saturated carbocycles. The van der Waals surface area contributed by atoms with E-state index in [1.165, 1.54) is 6.26 Å². The number of furan rings is 1. The molecule has 2 aromatic heterocycles. The lowest BCUT2D eigenvalue weighted by Crippen LogP contribution is -2.53. The van der Waals surface area contributed by atoms with Crippen LogP contribution in [0.5, 0.6) is 0 Å². The van der Waals surface area contributed by atoms with Crippen molar-refractivity contribution in [3.05, 3.63) is 48.0 Å². The first-order valence-corrected chi connectivity index (χ1v) is 9.56. The predicted octanol–water partition coefficient (Wildman–Crippen LogP) is 1.66. The minimum atomic E-state index is -0.0559. The van der Waals surface area contributed by atoms with Crippen LogP contribution in [-0.2, 0) is 6.54 Å². The van der Waals surface area contributed by atoms with Crippen LogP contribution in [0.15, 0.2) is 46.1 Å². The summed E-state index contributed by atoms with van der Waals surface area (Å²) in [5.41, 5.74) is 1.11. The number of nitrogens with zero attached hydrogens (tertiary/aromatic N) is 5. The molecule has 1 fully saturated rings. The number of guanidine groups is 1. The first-order valence-electron chi connectivity index (χ1n) is 9.56. The summed E-state index contributed by atoms with van der Waals surface area (Å²) in [5, 5.41) is 3.36. The van der Waals surface area contributed by atoms with Gasteiger partial charge in [0.1, 0.15) is 5.82 Å². The molecule has 1 aliphatic rings. The highest BCUT2D eigenvalue weighted by Crippen LogP contribution is 2.12. The minimum Gasteiger partial charge on any atom is -0.459 e. The molecule has 0 spiro atoms. The zero-order valence-corrected chi connectivity index (χ0v) is 16.8. The van der Waals surface area contributed by atoms with Gasteiger partial charge in [0, 0.05) is 53.0 Å². The van der Waals surface area contributed by atoms with Crippen molar-refractivity contribution in [2.24, 2.45) is 4.99 Å². The van der Waals surface area contributed by atoms with Crippen molar-refractivity contribution in [2.45, 2.75) is 13.5 Å². The minimum absolute atomic E-state index is 0.0559. The monoisotopic (exact) mass is 384 g/mol. The normalized spacial score (nSPS) is 14.9. The van der Waals surface area contributed by atoms with Crippen LogP contribution in [0.25, 0.3) is 0 Å². The molecular weight excluding hydrogens is 356 g/mol. The van der Waals surface area contributed by atoms with E-state index in [4.69, 9.17) is 9.41 Å². The molecule has 3 heterocycles. The van der Waals surface area contributed by atoms with Gasteiger partial charge in [0.05, 0.1) is 12.8 Å². The van der Waals surface area contributed by atoms with E-state index in [1.807, 2.05) is 42.2 Å². The molecular formula is C20H28N6O2. The number of rotatable bonds is 5. The molecule has 0 aliphatic carbocycles. The molecule has 0 bridgehead atoms. The molecule has 0 unspecified atom stereocenters. The van der Waals surface area contributed by atoms with Gasteiger partial charge < -0.3 is 24.4 Å². The molecule has 1 amide bonds. The van der Waals surface area contributed by atoms with Gasteiger partial charge in [-0.05, 0) is 36.8 Å². The summed E-state index contributed by atoms with van der Waals surface area (Å²) in [7, 11) is 3.95. The summed E-state index contributed by atoms with van der Waals surface area (Å²) in [6.07, 6.45) is 3.34. The van der Waals surface area contributed by atoms with E-state index in [-0.39, 0.29) is 5.91 Å². The third-order valence-electron chi connectivity index (χ3n) is 4.61. The smallest absolute Gasteiger partial charge is 0.289 e. The van der Waals surface area contributed by atoms with Crippen LogP contribution in [0.1, 0.15) is 23.0 Å². The topological polar surface area (TPSA) is 77.2 Å². The molecule has 150 valence electrons. The Bertz CT molecular complexity index is 795. The fourth-order valence-corrected chi connectivity index (χ4v) is 3.07. The lowest BCUT2D eigenvalue weighted by molar-refractivity contribution is 0.0657. The molecule has 0 radical (unpaired) electrons. The number of hydrogen-bond acceptors (Lipinski definition) is 5. The van der Waals surface area contributed by atoms with E-state index in [9.17, 15) is 4.79 Å². The second kappa shape index (κ2) is 9.25. The number of piperazine rings is 1. The van der Waals surface area contributed by atoms with Crippen LogP contribution in [0, 0.1) is 0 Å². The van der Waals surface area contributed by atoms with Gasteiger partial charge in [0.15, 0.2) is 11.7 Å². The maximum atomic E-state index is 12.4. The Morgan fingerprint density at radius 1 is 1.25 bits per heavy atom. The van der Waals surface area contributed by atoms with E-state index in [1.54, 1.807) is 12.1 Å². The van der Waals surface area contributed by atoms with E-state index in [2.05, 4.69) is 22.1 Å². The first-order chi connectivity index (χ1) is 13.6. The second-order valence-electron chi connectivity index (χ2n) is 6.84. The molecule has 0 atom stereocenters. The van der Waals surface area contributed by atoms with Crippen molar-refractivity contribution in [3.63, 3.8) is 0 Å². The Morgan fingerprint density at radius 3 is 2.64 bits per heavy atom. The number of carbonyl (C=O) groups is 1. The number of aliphatic imine (C=N–C) groups is 1. The highest BCUT2D eigenvalue weighted by atomic mass is 16.3. The fraction of sp³-hybridized carbons (Fsp3) is 0.450. The van der Waals surface area contributed by atoms with Gasteiger partial charge in [-0.1, -0.05) is 0 Å². The summed E-state index contributed by atoms with van der Waals surface area (Å²) >= 11 is 0. The number of aromatic nitrogens is 1. The highest BCUT2D eigenvalue weighted by molar-refractivity contribution is 5.91. The number of nitrogens with one attached hydrogen (secondary N) is 1. The Labute approximate surface area is 165 Å². The largest absolute Gasteiger partial charge is 0.459 e. The second-order valence-corrected chi connectivity index (χ2v) is 6.84. The van der Waals surface area contributed by atoms with Crippen molar-refractivity contribution in [2.75, 3.05) is 51.7 Å². The highest BCUT2D eigenvalue weighted by Gasteiger charge is 2.25. The van der Waals surface area contributed by atoms with E-state index >= 15 is 0 Å². The van der Waals surface area contributed by atoms with Crippen molar-refractivity contribution in [1.29, 1.82) is 0 Å². The average Bonchev–Trinajstić information content (AvgIpc) is 3.26. The Morgan fingerprint density at radius 2 is 2.00 bits per heavy atom. The van der Waals surface area contributed by atoms with Gasteiger partial charge >= 0.3 is 0 Å². The van der Waals surface area contributed by atoms with Gasteiger partial charge in [-0.2, -0.15) is 0 Å². The Balaban J connectivity index is 1.62. The number of carbonyl (C=O) groups excluding carboxylic acids is 1. The summed E-state index contributed by atoms with van der Waals surface area (Å²) in [5.74, 6) is 2.13. The lowest BCUT2D eigenvalue weighted by atomic mass is 10.2. The van der Waals surface area contributed by atoms with Gasteiger partial charge in [0.25, 0.3) is 5.91 Å². The number of anilines is 1. The molecule has 1 N–H and O–H groups in total. The van der Waals surface area contributed by atoms with Crippen LogP contribution >= 0.6 is 0 Å². The molecule has 8 nitrogen and oxygen atoms in total. The van der Waals surface area contributed by atoms with E-state index < -0.39 is 0 Å². The van der Waals surface area contributed by atoms with Crippen LogP contribution in [0.4, 0.5) is 5.82 Å². The molecule has 2 aromatic rings. The third-order valence-corrected chi connectivity index (χ3v) is 4.61. The van der Waals surface area contributed by atoms with Gasteiger partial charge in [-0.15, -0.1) is 0 Å². The van der Waals surface area contributed by atoms with Gasteiger partial charge in [0.2, 0.25) is 0 Å². The van der Waals surface area contributed by atoms with Crippen LogP contribution in [-0.4, -0.2) is 73.5 Å². The molecule has 0 aromatic carbocycles. The van der Waals surface area contributed by atoms with Crippen molar-refractivity contribution in [1.82, 2.24) is 20.1 Å². The molecule has 3 rings (SSSR count). The van der Waals surface area contributed by atoms with Gasteiger partial charge in [-0.3, -0.25) is 4.79 Å². The SMILES string of the molecule is CCNC(=NCc1ccnc(N(C)C)c1)N1CCN(C(=O)c2ccco2)CC1. The Kier molecular flexibility index (Phi) is 6.52. The summed E-state index contributed by atoms with van der Waals surface area (Å²) in [4.78, 5) is 27.6. The number of amides is 1. The average molecular weight is 384 g/mol. The van der Waals surface area contributed by atoms with E-state index in [0.717, 1.165) is 37.0 Å². The van der Waals surface area contributed by atoms with Crippen molar-refractivity contribution >= 4 is 17.7 Å². The zero-order valence-electron chi connectivity index (χ0n) is 16.8. The molecule has 8 heteroatoms. The molecule has 1 aliphatic heterocycles. The van der Waals surface area contributed by atoms with Crippen LogP contribution < -0.4 is 10.2 Å².